The fourth-order valence-electron chi connectivity index (χ4n) is 4.53. The fraction of sp³-hybridized carbons (Fsp3) is 0.304. The maximum absolute atomic E-state index is 12.8. The molecule has 6 heteroatoms. The Morgan fingerprint density at radius 3 is 2.83 bits per heavy atom. The number of fused-ring (bicyclic) bond motifs is 4. The number of amides is 1. The number of ether oxygens (including phenoxy) is 1. The van der Waals surface area contributed by atoms with Gasteiger partial charge in [0.05, 0.1) is 29.1 Å². The van der Waals surface area contributed by atoms with E-state index in [2.05, 4.69) is 45.3 Å². The van der Waals surface area contributed by atoms with Crippen molar-refractivity contribution in [1.29, 1.82) is 0 Å². The van der Waals surface area contributed by atoms with Crippen molar-refractivity contribution in [3.05, 3.63) is 72.3 Å². The molecule has 0 unspecified atom stereocenters. The number of carbonyl (C=O) groups excluding carboxylic acids is 1. The van der Waals surface area contributed by atoms with Crippen molar-refractivity contribution >= 4 is 11.6 Å². The summed E-state index contributed by atoms with van der Waals surface area (Å²) < 4.78 is 7.97. The van der Waals surface area contributed by atoms with Crippen LogP contribution in [-0.4, -0.2) is 40.1 Å². The number of likely N-dealkylation sites (tertiary alicyclic amines) is 1. The van der Waals surface area contributed by atoms with E-state index in [0.717, 1.165) is 30.0 Å². The molecule has 1 N–H and O–H groups in total. The molecule has 0 atom stereocenters. The number of anilines is 1. The van der Waals surface area contributed by atoms with Crippen molar-refractivity contribution in [3.8, 4) is 11.4 Å². The molecule has 5 rings (SSSR count). The lowest BCUT2D eigenvalue weighted by Gasteiger charge is -2.46. The second-order valence-corrected chi connectivity index (χ2v) is 7.62. The van der Waals surface area contributed by atoms with E-state index in [4.69, 9.17) is 4.74 Å². The van der Waals surface area contributed by atoms with Crippen molar-refractivity contribution in [2.75, 3.05) is 25.0 Å². The Labute approximate surface area is 170 Å². The van der Waals surface area contributed by atoms with Crippen LogP contribution in [-0.2, 0) is 5.54 Å². The zero-order chi connectivity index (χ0) is 19.8. The van der Waals surface area contributed by atoms with Gasteiger partial charge < -0.3 is 19.5 Å². The summed E-state index contributed by atoms with van der Waals surface area (Å²) in [7, 11) is 0. The third-order valence-corrected chi connectivity index (χ3v) is 5.96. The average molecular weight is 388 g/mol. The van der Waals surface area contributed by atoms with E-state index in [9.17, 15) is 4.79 Å². The average Bonchev–Trinajstić information content (AvgIpc) is 3.26. The second-order valence-electron chi connectivity index (χ2n) is 7.62. The highest BCUT2D eigenvalue weighted by Crippen LogP contribution is 2.44. The first kappa shape index (κ1) is 17.8. The number of hydrogen-bond acceptors (Lipinski definition) is 4. The molecule has 3 aromatic rings. The first-order chi connectivity index (χ1) is 14.2. The lowest BCUT2D eigenvalue weighted by Crippen LogP contribution is -2.51. The summed E-state index contributed by atoms with van der Waals surface area (Å²) in [6.07, 6.45) is 7.14. The molecule has 148 valence electrons. The number of piperidine rings is 1. The topological polar surface area (TPSA) is 59.4 Å². The Kier molecular flexibility index (Phi) is 4.27. The predicted octanol–water partition coefficient (Wildman–Crippen LogP) is 3.83. The van der Waals surface area contributed by atoms with Crippen molar-refractivity contribution in [1.82, 2.24) is 14.5 Å². The molecule has 0 aliphatic carbocycles. The third kappa shape index (κ3) is 2.95. The molecule has 29 heavy (non-hydrogen) atoms. The van der Waals surface area contributed by atoms with Gasteiger partial charge in [-0.25, -0.2) is 0 Å². The standard InChI is InChI=1S/C23H24N4O2/c1-2-29-18-7-8-20-19(15-18)25-23(21-6-4-12-27(20)21)9-13-26(14-10-23)22(28)17-5-3-11-24-16-17/h3-8,11-12,15-16,25H,2,9-10,13-14H2,1H3. The molecule has 4 heterocycles. The Morgan fingerprint density at radius 2 is 2.07 bits per heavy atom. The number of hydrogen-bond donors (Lipinski definition) is 1. The van der Waals surface area contributed by atoms with Crippen LogP contribution in [0.15, 0.2) is 61.1 Å². The van der Waals surface area contributed by atoms with Gasteiger partial charge in [0.15, 0.2) is 0 Å². The van der Waals surface area contributed by atoms with Gasteiger partial charge >= 0.3 is 0 Å². The molecule has 2 aliphatic heterocycles. The molecule has 2 aliphatic rings. The predicted molar refractivity (Wildman–Crippen MR) is 112 cm³/mol. The van der Waals surface area contributed by atoms with Crippen LogP contribution < -0.4 is 10.1 Å². The summed E-state index contributed by atoms with van der Waals surface area (Å²) in [5.74, 6) is 0.923. The van der Waals surface area contributed by atoms with Gasteiger partial charge in [-0.15, -0.1) is 0 Å². The van der Waals surface area contributed by atoms with Crippen molar-refractivity contribution in [2.45, 2.75) is 25.3 Å². The molecule has 2 aromatic heterocycles. The molecular weight excluding hydrogens is 364 g/mol. The fourth-order valence-corrected chi connectivity index (χ4v) is 4.53. The zero-order valence-corrected chi connectivity index (χ0v) is 16.5. The van der Waals surface area contributed by atoms with Crippen LogP contribution in [0.1, 0.15) is 35.8 Å². The Bertz CT molecular complexity index is 1040. The summed E-state index contributed by atoms with van der Waals surface area (Å²) >= 11 is 0. The summed E-state index contributed by atoms with van der Waals surface area (Å²) in [6, 6.07) is 14.1. The van der Waals surface area contributed by atoms with E-state index >= 15 is 0 Å². The molecule has 0 saturated carbocycles. The van der Waals surface area contributed by atoms with Crippen molar-refractivity contribution < 1.29 is 9.53 Å². The monoisotopic (exact) mass is 388 g/mol. The quantitative estimate of drug-likeness (QED) is 0.741. The molecule has 0 radical (unpaired) electrons. The normalized spacial score (nSPS) is 16.7. The molecule has 1 aromatic carbocycles. The summed E-state index contributed by atoms with van der Waals surface area (Å²) in [6.45, 7) is 4.04. The van der Waals surface area contributed by atoms with Crippen LogP contribution in [0.4, 0.5) is 5.69 Å². The minimum Gasteiger partial charge on any atom is -0.494 e. The maximum atomic E-state index is 12.8. The summed E-state index contributed by atoms with van der Waals surface area (Å²) in [5.41, 5.74) is 3.92. The lowest BCUT2D eigenvalue weighted by atomic mass is 9.82. The highest BCUT2D eigenvalue weighted by atomic mass is 16.5. The third-order valence-electron chi connectivity index (χ3n) is 5.96. The van der Waals surface area contributed by atoms with Gasteiger partial charge in [0.25, 0.3) is 5.91 Å². The Hall–Kier alpha value is -3.28. The SMILES string of the molecule is CCOc1ccc2c(c1)NC1(CCN(C(=O)c3cccnc3)CC1)c1cccn1-2. The Morgan fingerprint density at radius 1 is 1.21 bits per heavy atom. The molecular formula is C23H24N4O2. The van der Waals surface area contributed by atoms with Crippen molar-refractivity contribution in [2.24, 2.45) is 0 Å². The van der Waals surface area contributed by atoms with E-state index in [0.29, 0.717) is 25.3 Å². The van der Waals surface area contributed by atoms with Crippen LogP contribution >= 0.6 is 0 Å². The minimum atomic E-state index is -0.187. The molecule has 0 bridgehead atoms. The highest BCUT2D eigenvalue weighted by Gasteiger charge is 2.42. The number of benzene rings is 1. The lowest BCUT2D eigenvalue weighted by molar-refractivity contribution is 0.0676. The van der Waals surface area contributed by atoms with E-state index in [-0.39, 0.29) is 11.4 Å². The van der Waals surface area contributed by atoms with Crippen LogP contribution in [0.25, 0.3) is 5.69 Å². The van der Waals surface area contributed by atoms with E-state index in [1.54, 1.807) is 18.5 Å². The number of nitrogens with one attached hydrogen (secondary N) is 1. The summed E-state index contributed by atoms with van der Waals surface area (Å²) in [5, 5.41) is 3.80. The Balaban J connectivity index is 1.42. The molecule has 6 nitrogen and oxygen atoms in total. The summed E-state index contributed by atoms with van der Waals surface area (Å²) in [4.78, 5) is 18.8. The first-order valence-corrected chi connectivity index (χ1v) is 10.1. The first-order valence-electron chi connectivity index (χ1n) is 10.1. The number of aromatic nitrogens is 2. The molecule has 1 fully saturated rings. The highest BCUT2D eigenvalue weighted by molar-refractivity contribution is 5.94. The molecule has 1 spiro atoms. The largest absolute Gasteiger partial charge is 0.494 e. The van der Waals surface area contributed by atoms with Gasteiger partial charge in [-0.05, 0) is 56.2 Å². The smallest absolute Gasteiger partial charge is 0.255 e. The van der Waals surface area contributed by atoms with Crippen molar-refractivity contribution in [3.63, 3.8) is 0 Å². The van der Waals surface area contributed by atoms with Gasteiger partial charge in [-0.1, -0.05) is 0 Å². The number of nitrogens with zero attached hydrogens (tertiary/aromatic N) is 3. The second kappa shape index (κ2) is 6.95. The van der Waals surface area contributed by atoms with Gasteiger partial charge in [0, 0.05) is 43.4 Å². The number of carbonyl (C=O) groups is 1. The number of pyridine rings is 1. The molecule has 1 saturated heterocycles. The van der Waals surface area contributed by atoms with Gasteiger partial charge in [-0.2, -0.15) is 0 Å². The van der Waals surface area contributed by atoms with E-state index in [1.807, 2.05) is 24.0 Å². The van der Waals surface area contributed by atoms with Crippen LogP contribution in [0, 0.1) is 0 Å². The van der Waals surface area contributed by atoms with Crippen LogP contribution in [0.3, 0.4) is 0 Å². The minimum absolute atomic E-state index is 0.0539. The van der Waals surface area contributed by atoms with Gasteiger partial charge in [0.1, 0.15) is 5.75 Å². The van der Waals surface area contributed by atoms with Gasteiger partial charge in [-0.3, -0.25) is 9.78 Å². The van der Waals surface area contributed by atoms with E-state index in [1.165, 1.54) is 5.69 Å². The molecule has 1 amide bonds. The van der Waals surface area contributed by atoms with E-state index < -0.39 is 0 Å². The van der Waals surface area contributed by atoms with Gasteiger partial charge in [0.2, 0.25) is 0 Å². The van der Waals surface area contributed by atoms with Crippen LogP contribution in [0.5, 0.6) is 5.75 Å². The maximum Gasteiger partial charge on any atom is 0.255 e. The van der Waals surface area contributed by atoms with Crippen LogP contribution in [0.2, 0.25) is 0 Å². The number of rotatable bonds is 3. The zero-order valence-electron chi connectivity index (χ0n) is 16.5.